The fourth-order valence-corrected chi connectivity index (χ4v) is 2.91. The average molecular weight is 336 g/mol. The molecule has 0 bridgehead atoms. The largest absolute Gasteiger partial charge is 0.464 e. The number of carbonyl (C=O) groups is 2. The Bertz CT molecular complexity index is 614. The van der Waals surface area contributed by atoms with Crippen molar-refractivity contribution < 1.29 is 14.3 Å². The van der Waals surface area contributed by atoms with Gasteiger partial charge >= 0.3 is 5.97 Å². The summed E-state index contributed by atoms with van der Waals surface area (Å²) in [7, 11) is 0. The van der Waals surface area contributed by atoms with Crippen LogP contribution in [-0.2, 0) is 14.3 Å². The number of esters is 1. The maximum atomic E-state index is 12.3. The molecule has 2 rings (SSSR count). The van der Waals surface area contributed by atoms with Gasteiger partial charge in [0, 0.05) is 6.20 Å². The molecule has 22 heavy (non-hydrogen) atoms. The first-order valence-corrected chi connectivity index (χ1v) is 8.02. The van der Waals surface area contributed by atoms with E-state index >= 15 is 0 Å². The molecule has 5 nitrogen and oxygen atoms in total. The van der Waals surface area contributed by atoms with E-state index in [4.69, 9.17) is 17.0 Å². The minimum absolute atomic E-state index is 0.156. The van der Waals surface area contributed by atoms with Crippen LogP contribution in [-0.4, -0.2) is 39.2 Å². The van der Waals surface area contributed by atoms with Gasteiger partial charge in [0.1, 0.15) is 10.9 Å². The third kappa shape index (κ3) is 4.38. The number of hydrogen-bond acceptors (Lipinski definition) is 6. The molecule has 0 radical (unpaired) electrons. The van der Waals surface area contributed by atoms with Crippen molar-refractivity contribution in [3.63, 3.8) is 0 Å². The van der Waals surface area contributed by atoms with Crippen molar-refractivity contribution in [1.29, 1.82) is 0 Å². The summed E-state index contributed by atoms with van der Waals surface area (Å²) in [5.41, 5.74) is 0.672. The molecule has 1 aromatic heterocycles. The highest BCUT2D eigenvalue weighted by Crippen LogP contribution is 2.32. The third-order valence-electron chi connectivity index (χ3n) is 2.71. The zero-order valence-electron chi connectivity index (χ0n) is 12.3. The molecule has 1 saturated heterocycles. The van der Waals surface area contributed by atoms with E-state index in [0.29, 0.717) is 21.5 Å². The summed E-state index contributed by atoms with van der Waals surface area (Å²) in [5.74, 6) is -0.495. The third-order valence-corrected chi connectivity index (χ3v) is 4.08. The number of thioether (sulfide) groups is 1. The van der Waals surface area contributed by atoms with Crippen LogP contribution in [0.4, 0.5) is 0 Å². The SMILES string of the molecule is CC(C)COC(=O)CN1C(=O)/C(=C/c2ccccn2)SC1=S. The Morgan fingerprint density at radius 2 is 2.27 bits per heavy atom. The molecule has 0 aliphatic carbocycles. The van der Waals surface area contributed by atoms with Crippen molar-refractivity contribution in [2.45, 2.75) is 13.8 Å². The van der Waals surface area contributed by atoms with Gasteiger partial charge in [-0.15, -0.1) is 0 Å². The van der Waals surface area contributed by atoms with E-state index in [9.17, 15) is 9.59 Å². The first-order valence-electron chi connectivity index (χ1n) is 6.79. The Hall–Kier alpha value is -1.73. The zero-order chi connectivity index (χ0) is 16.1. The highest BCUT2D eigenvalue weighted by Gasteiger charge is 2.33. The van der Waals surface area contributed by atoms with E-state index in [-0.39, 0.29) is 18.4 Å². The maximum Gasteiger partial charge on any atom is 0.326 e. The number of amides is 1. The second-order valence-electron chi connectivity index (χ2n) is 5.10. The summed E-state index contributed by atoms with van der Waals surface area (Å²) in [6.07, 6.45) is 3.31. The summed E-state index contributed by atoms with van der Waals surface area (Å²) in [6, 6.07) is 5.43. The van der Waals surface area contributed by atoms with Gasteiger partial charge in [0.05, 0.1) is 17.2 Å². The number of aromatic nitrogens is 1. The first-order chi connectivity index (χ1) is 10.5. The second kappa shape index (κ2) is 7.51. The van der Waals surface area contributed by atoms with Gasteiger partial charge in [0.25, 0.3) is 5.91 Å². The molecule has 1 fully saturated rings. The molecule has 0 unspecified atom stereocenters. The van der Waals surface area contributed by atoms with E-state index < -0.39 is 5.97 Å². The summed E-state index contributed by atoms with van der Waals surface area (Å²) >= 11 is 6.33. The Morgan fingerprint density at radius 1 is 1.50 bits per heavy atom. The van der Waals surface area contributed by atoms with Crippen molar-refractivity contribution in [3.05, 3.63) is 35.0 Å². The second-order valence-corrected chi connectivity index (χ2v) is 6.78. The summed E-state index contributed by atoms with van der Waals surface area (Å²) in [4.78, 5) is 29.9. The van der Waals surface area contributed by atoms with Crippen LogP contribution < -0.4 is 0 Å². The Balaban J connectivity index is 2.03. The van der Waals surface area contributed by atoms with Gasteiger partial charge in [-0.25, -0.2) is 0 Å². The van der Waals surface area contributed by atoms with E-state index in [2.05, 4.69) is 4.98 Å². The molecule has 1 aliphatic heterocycles. The van der Waals surface area contributed by atoms with Crippen LogP contribution in [0.2, 0.25) is 0 Å². The topological polar surface area (TPSA) is 59.5 Å². The first kappa shape index (κ1) is 16.6. The lowest BCUT2D eigenvalue weighted by Gasteiger charge is -2.14. The van der Waals surface area contributed by atoms with Gasteiger partial charge in [0.15, 0.2) is 0 Å². The molecular formula is C15H16N2O3S2. The smallest absolute Gasteiger partial charge is 0.326 e. The molecule has 0 spiro atoms. The number of ether oxygens (including phenoxy) is 1. The lowest BCUT2D eigenvalue weighted by molar-refractivity contribution is -0.147. The van der Waals surface area contributed by atoms with Crippen molar-refractivity contribution in [1.82, 2.24) is 9.88 Å². The number of carbonyl (C=O) groups excluding carboxylic acids is 2. The summed E-state index contributed by atoms with van der Waals surface area (Å²) < 4.78 is 5.44. The van der Waals surface area contributed by atoms with Crippen LogP contribution in [0.3, 0.4) is 0 Å². The summed E-state index contributed by atoms with van der Waals surface area (Å²) in [6.45, 7) is 4.07. The number of nitrogens with zero attached hydrogens (tertiary/aromatic N) is 2. The van der Waals surface area contributed by atoms with E-state index in [1.165, 1.54) is 4.90 Å². The molecule has 1 aliphatic rings. The average Bonchev–Trinajstić information content (AvgIpc) is 2.74. The van der Waals surface area contributed by atoms with Gasteiger partial charge < -0.3 is 4.74 Å². The van der Waals surface area contributed by atoms with Crippen LogP contribution in [0.1, 0.15) is 19.5 Å². The predicted molar refractivity (Wildman–Crippen MR) is 89.9 cm³/mol. The highest BCUT2D eigenvalue weighted by molar-refractivity contribution is 8.26. The molecule has 116 valence electrons. The highest BCUT2D eigenvalue weighted by atomic mass is 32.2. The van der Waals surface area contributed by atoms with Crippen LogP contribution >= 0.6 is 24.0 Å². The molecule has 7 heteroatoms. The number of rotatable bonds is 5. The minimum atomic E-state index is -0.455. The molecular weight excluding hydrogens is 320 g/mol. The van der Waals surface area contributed by atoms with Crippen molar-refractivity contribution >= 4 is 46.3 Å². The molecule has 1 aromatic rings. The van der Waals surface area contributed by atoms with E-state index in [0.717, 1.165) is 11.8 Å². The maximum absolute atomic E-state index is 12.3. The van der Waals surface area contributed by atoms with Crippen LogP contribution in [0.15, 0.2) is 29.3 Å². The van der Waals surface area contributed by atoms with Crippen LogP contribution in [0.5, 0.6) is 0 Å². The number of pyridine rings is 1. The lowest BCUT2D eigenvalue weighted by atomic mass is 10.2. The van der Waals surface area contributed by atoms with Gasteiger partial charge in [-0.2, -0.15) is 0 Å². The molecule has 0 atom stereocenters. The zero-order valence-corrected chi connectivity index (χ0v) is 13.9. The van der Waals surface area contributed by atoms with Crippen LogP contribution in [0, 0.1) is 5.92 Å². The molecule has 2 heterocycles. The fraction of sp³-hybridized carbons (Fsp3) is 0.333. The van der Waals surface area contributed by atoms with Gasteiger partial charge in [-0.1, -0.05) is 43.9 Å². The monoisotopic (exact) mass is 336 g/mol. The summed E-state index contributed by atoms with van der Waals surface area (Å²) in [5, 5.41) is 0. The van der Waals surface area contributed by atoms with Crippen molar-refractivity contribution in [2.24, 2.45) is 5.92 Å². The molecule has 1 amide bonds. The predicted octanol–water partition coefficient (Wildman–Crippen LogP) is 2.48. The van der Waals surface area contributed by atoms with Gasteiger partial charge in [0.2, 0.25) is 0 Å². The molecule has 0 aromatic carbocycles. The fourth-order valence-electron chi connectivity index (χ4n) is 1.67. The van der Waals surface area contributed by atoms with Crippen molar-refractivity contribution in [2.75, 3.05) is 13.2 Å². The van der Waals surface area contributed by atoms with Crippen molar-refractivity contribution in [3.8, 4) is 0 Å². The van der Waals surface area contributed by atoms with E-state index in [1.54, 1.807) is 24.4 Å². The number of hydrogen-bond donors (Lipinski definition) is 0. The number of thiocarbonyl (C=S) groups is 1. The minimum Gasteiger partial charge on any atom is -0.464 e. The van der Waals surface area contributed by atoms with Gasteiger partial charge in [-0.3, -0.25) is 19.5 Å². The Kier molecular flexibility index (Phi) is 5.68. The standard InChI is InChI=1S/C15H16N2O3S2/c1-10(2)9-20-13(18)8-17-14(19)12(22-15(17)21)7-11-5-3-4-6-16-11/h3-7,10H,8-9H2,1-2H3/b12-7-. The van der Waals surface area contributed by atoms with Crippen LogP contribution in [0.25, 0.3) is 6.08 Å². The Labute approximate surface area is 138 Å². The molecule has 0 N–H and O–H groups in total. The lowest BCUT2D eigenvalue weighted by Crippen LogP contribution is -2.34. The van der Waals surface area contributed by atoms with Gasteiger partial charge in [-0.05, 0) is 24.1 Å². The Morgan fingerprint density at radius 3 is 2.91 bits per heavy atom. The molecule has 0 saturated carbocycles. The normalized spacial score (nSPS) is 16.7. The van der Waals surface area contributed by atoms with E-state index in [1.807, 2.05) is 19.9 Å². The quantitative estimate of drug-likeness (QED) is 0.468.